The van der Waals surface area contributed by atoms with Gasteiger partial charge in [0, 0.05) is 19.4 Å². The van der Waals surface area contributed by atoms with Crippen molar-refractivity contribution in [2.45, 2.75) is 26.7 Å². The number of rotatable bonds is 4. The second kappa shape index (κ2) is 5.26. The molecule has 2 rings (SSSR count). The van der Waals surface area contributed by atoms with E-state index in [1.165, 1.54) is 0 Å². The minimum atomic E-state index is -0.406. The summed E-state index contributed by atoms with van der Waals surface area (Å²) in [4.78, 5) is 15.7. The van der Waals surface area contributed by atoms with Crippen molar-refractivity contribution >= 4 is 5.97 Å². The van der Waals surface area contributed by atoms with Gasteiger partial charge in [-0.1, -0.05) is 13.8 Å². The van der Waals surface area contributed by atoms with Crippen molar-refractivity contribution < 1.29 is 9.53 Å². The zero-order valence-electron chi connectivity index (χ0n) is 11.6. The minimum absolute atomic E-state index is 0.296. The lowest BCUT2D eigenvalue weighted by atomic mass is 10.1. The van der Waals surface area contributed by atoms with Crippen LogP contribution in [0.5, 0.6) is 0 Å². The van der Waals surface area contributed by atoms with Crippen LogP contribution in [0.15, 0.2) is 18.7 Å². The monoisotopic (exact) mass is 262 g/mol. The van der Waals surface area contributed by atoms with Gasteiger partial charge in [0.15, 0.2) is 5.69 Å². The fraction of sp³-hybridized carbons (Fsp3) is 0.462. The van der Waals surface area contributed by atoms with Crippen LogP contribution in [-0.4, -0.2) is 31.9 Å². The first-order chi connectivity index (χ1) is 9.02. The van der Waals surface area contributed by atoms with Crippen molar-refractivity contribution in [1.82, 2.24) is 19.3 Å². The summed E-state index contributed by atoms with van der Waals surface area (Å²) in [5, 5.41) is 4.43. The van der Waals surface area contributed by atoms with Crippen LogP contribution < -0.4 is 0 Å². The van der Waals surface area contributed by atoms with E-state index in [-0.39, 0.29) is 0 Å². The molecule has 102 valence electrons. The van der Waals surface area contributed by atoms with Crippen LogP contribution in [0.3, 0.4) is 0 Å². The Kier molecular flexibility index (Phi) is 3.69. The number of imidazole rings is 1. The third-order valence-electron chi connectivity index (χ3n) is 2.73. The van der Waals surface area contributed by atoms with Gasteiger partial charge in [-0.25, -0.2) is 9.78 Å². The van der Waals surface area contributed by atoms with E-state index in [0.29, 0.717) is 18.2 Å². The van der Waals surface area contributed by atoms with Crippen LogP contribution in [0.1, 0.15) is 42.9 Å². The Morgan fingerprint density at radius 1 is 1.42 bits per heavy atom. The SMILES string of the molecule is CCOC(=O)c1cn(-c2cn(C)nc2C(C)C)cn1. The average molecular weight is 262 g/mol. The number of aryl methyl sites for hydroxylation is 1. The summed E-state index contributed by atoms with van der Waals surface area (Å²) in [6.07, 6.45) is 5.18. The fourth-order valence-corrected chi connectivity index (χ4v) is 1.87. The predicted molar refractivity (Wildman–Crippen MR) is 70.4 cm³/mol. The molecule has 0 aliphatic carbocycles. The molecule has 2 aromatic rings. The van der Waals surface area contributed by atoms with Crippen molar-refractivity contribution in [3.8, 4) is 5.69 Å². The third-order valence-corrected chi connectivity index (χ3v) is 2.73. The number of nitrogens with zero attached hydrogens (tertiary/aromatic N) is 4. The maximum Gasteiger partial charge on any atom is 0.358 e. The average Bonchev–Trinajstić information content (AvgIpc) is 2.95. The summed E-state index contributed by atoms with van der Waals surface area (Å²) in [6.45, 7) is 6.27. The summed E-state index contributed by atoms with van der Waals surface area (Å²) in [7, 11) is 1.87. The Labute approximate surface area is 112 Å². The van der Waals surface area contributed by atoms with Crippen molar-refractivity contribution in [3.05, 3.63) is 30.1 Å². The largest absolute Gasteiger partial charge is 0.461 e. The van der Waals surface area contributed by atoms with Gasteiger partial charge in [-0.05, 0) is 12.8 Å². The van der Waals surface area contributed by atoms with E-state index in [1.54, 1.807) is 28.7 Å². The molecule has 2 aromatic heterocycles. The maximum absolute atomic E-state index is 11.6. The molecule has 0 aromatic carbocycles. The molecule has 0 spiro atoms. The Morgan fingerprint density at radius 2 is 2.16 bits per heavy atom. The maximum atomic E-state index is 11.6. The molecule has 2 heterocycles. The van der Waals surface area contributed by atoms with Gasteiger partial charge in [-0.15, -0.1) is 0 Å². The number of carbonyl (C=O) groups is 1. The highest BCUT2D eigenvalue weighted by molar-refractivity contribution is 5.87. The van der Waals surface area contributed by atoms with Crippen LogP contribution >= 0.6 is 0 Å². The van der Waals surface area contributed by atoms with Gasteiger partial charge < -0.3 is 9.30 Å². The normalized spacial score (nSPS) is 11.0. The van der Waals surface area contributed by atoms with E-state index in [2.05, 4.69) is 23.9 Å². The molecule has 0 N–H and O–H groups in total. The van der Waals surface area contributed by atoms with Crippen molar-refractivity contribution in [1.29, 1.82) is 0 Å². The number of hydrogen-bond acceptors (Lipinski definition) is 4. The molecular weight excluding hydrogens is 244 g/mol. The van der Waals surface area contributed by atoms with Crippen molar-refractivity contribution in [3.63, 3.8) is 0 Å². The Bertz CT molecular complexity index is 583. The van der Waals surface area contributed by atoms with Crippen LogP contribution in [0.2, 0.25) is 0 Å². The van der Waals surface area contributed by atoms with E-state index in [0.717, 1.165) is 11.4 Å². The number of ether oxygens (including phenoxy) is 1. The molecule has 0 radical (unpaired) electrons. The van der Waals surface area contributed by atoms with E-state index < -0.39 is 5.97 Å². The molecular formula is C13H18N4O2. The number of esters is 1. The van der Waals surface area contributed by atoms with E-state index >= 15 is 0 Å². The van der Waals surface area contributed by atoms with Crippen LogP contribution in [0.4, 0.5) is 0 Å². The standard InChI is InChI=1S/C13H18N4O2/c1-5-19-13(18)10-6-17(8-14-10)11-7-16(4)15-12(11)9(2)3/h6-9H,5H2,1-4H3. The van der Waals surface area contributed by atoms with Gasteiger partial charge in [0.05, 0.1) is 18.0 Å². The molecule has 0 fully saturated rings. The number of aromatic nitrogens is 4. The van der Waals surface area contributed by atoms with Gasteiger partial charge in [0.1, 0.15) is 6.33 Å². The first-order valence-electron chi connectivity index (χ1n) is 6.28. The Morgan fingerprint density at radius 3 is 2.79 bits per heavy atom. The highest BCUT2D eigenvalue weighted by atomic mass is 16.5. The molecule has 0 saturated heterocycles. The highest BCUT2D eigenvalue weighted by Gasteiger charge is 2.16. The first kappa shape index (κ1) is 13.3. The molecule has 0 unspecified atom stereocenters. The molecule has 0 saturated carbocycles. The van der Waals surface area contributed by atoms with Gasteiger partial charge in [0.2, 0.25) is 0 Å². The lowest BCUT2D eigenvalue weighted by molar-refractivity contribution is 0.0520. The van der Waals surface area contributed by atoms with Gasteiger partial charge in [0.25, 0.3) is 0 Å². The highest BCUT2D eigenvalue weighted by Crippen LogP contribution is 2.21. The second-order valence-corrected chi connectivity index (χ2v) is 4.61. The van der Waals surface area contributed by atoms with E-state index in [1.807, 2.05) is 13.2 Å². The third kappa shape index (κ3) is 2.67. The molecule has 0 aliphatic heterocycles. The van der Waals surface area contributed by atoms with Gasteiger partial charge in [-0.2, -0.15) is 5.10 Å². The second-order valence-electron chi connectivity index (χ2n) is 4.61. The van der Waals surface area contributed by atoms with Crippen molar-refractivity contribution in [2.24, 2.45) is 7.05 Å². The smallest absolute Gasteiger partial charge is 0.358 e. The summed E-state index contributed by atoms with van der Waals surface area (Å²) in [5.41, 5.74) is 2.20. The number of carbonyl (C=O) groups excluding carboxylic acids is 1. The summed E-state index contributed by atoms with van der Waals surface area (Å²) < 4.78 is 8.48. The summed E-state index contributed by atoms with van der Waals surface area (Å²) in [6, 6.07) is 0. The summed E-state index contributed by atoms with van der Waals surface area (Å²) in [5.74, 6) is -0.110. The molecule has 0 bridgehead atoms. The first-order valence-corrected chi connectivity index (χ1v) is 6.28. The quantitative estimate of drug-likeness (QED) is 0.790. The van der Waals surface area contributed by atoms with Crippen LogP contribution in [0.25, 0.3) is 5.69 Å². The van der Waals surface area contributed by atoms with E-state index in [4.69, 9.17) is 4.74 Å². The molecule has 6 nitrogen and oxygen atoms in total. The lowest BCUT2D eigenvalue weighted by Crippen LogP contribution is -2.04. The minimum Gasteiger partial charge on any atom is -0.461 e. The zero-order chi connectivity index (χ0) is 14.0. The molecule has 6 heteroatoms. The van der Waals surface area contributed by atoms with Gasteiger partial charge >= 0.3 is 5.97 Å². The topological polar surface area (TPSA) is 61.9 Å². The molecule has 0 aliphatic rings. The lowest BCUT2D eigenvalue weighted by Gasteiger charge is -2.04. The molecule has 19 heavy (non-hydrogen) atoms. The van der Waals surface area contributed by atoms with Crippen LogP contribution in [0, 0.1) is 0 Å². The Balaban J connectivity index is 2.35. The predicted octanol–water partition coefficient (Wildman–Crippen LogP) is 1.91. The van der Waals surface area contributed by atoms with Crippen LogP contribution in [-0.2, 0) is 11.8 Å². The summed E-state index contributed by atoms with van der Waals surface area (Å²) >= 11 is 0. The fourth-order valence-electron chi connectivity index (χ4n) is 1.87. The Hall–Kier alpha value is -2.11. The van der Waals surface area contributed by atoms with Gasteiger partial charge in [-0.3, -0.25) is 4.68 Å². The molecule has 0 amide bonds. The molecule has 0 atom stereocenters. The van der Waals surface area contributed by atoms with Crippen molar-refractivity contribution in [2.75, 3.05) is 6.61 Å². The zero-order valence-corrected chi connectivity index (χ0v) is 11.6. The number of hydrogen-bond donors (Lipinski definition) is 0. The van der Waals surface area contributed by atoms with E-state index in [9.17, 15) is 4.79 Å².